The van der Waals surface area contributed by atoms with Gasteiger partial charge in [0.1, 0.15) is 12.0 Å². The average Bonchev–Trinajstić information content (AvgIpc) is 2.93. The van der Waals surface area contributed by atoms with Crippen LogP contribution in [0.25, 0.3) is 10.8 Å². The van der Waals surface area contributed by atoms with Gasteiger partial charge in [-0.25, -0.2) is 9.97 Å². The smallest absolute Gasteiger partial charge is 0.272 e. The molecule has 1 atom stereocenters. The van der Waals surface area contributed by atoms with Crippen LogP contribution in [0.3, 0.4) is 0 Å². The van der Waals surface area contributed by atoms with E-state index in [-0.39, 0.29) is 5.91 Å². The Balaban J connectivity index is 1.41. The van der Waals surface area contributed by atoms with Crippen molar-refractivity contribution in [2.24, 2.45) is 5.92 Å². The van der Waals surface area contributed by atoms with Crippen molar-refractivity contribution in [2.75, 3.05) is 13.1 Å². The largest absolute Gasteiger partial charge is 0.337 e. The second-order valence-corrected chi connectivity index (χ2v) is 6.95. The van der Waals surface area contributed by atoms with Gasteiger partial charge >= 0.3 is 0 Å². The van der Waals surface area contributed by atoms with Gasteiger partial charge in [-0.1, -0.05) is 18.2 Å². The van der Waals surface area contributed by atoms with Crippen LogP contribution in [0.1, 0.15) is 35.3 Å². The summed E-state index contributed by atoms with van der Waals surface area (Å²) in [7, 11) is 0. The molecule has 1 amide bonds. The maximum Gasteiger partial charge on any atom is 0.272 e. The Morgan fingerprint density at radius 3 is 2.85 bits per heavy atom. The molecule has 5 nitrogen and oxygen atoms in total. The summed E-state index contributed by atoms with van der Waals surface area (Å²) in [4.78, 5) is 26.7. The lowest BCUT2D eigenvalue weighted by molar-refractivity contribution is 0.0754. The zero-order valence-corrected chi connectivity index (χ0v) is 14.7. The lowest BCUT2D eigenvalue weighted by Gasteiger charge is -2.20. The highest BCUT2D eigenvalue weighted by molar-refractivity contribution is 5.92. The van der Waals surface area contributed by atoms with Gasteiger partial charge in [0.05, 0.1) is 0 Å². The summed E-state index contributed by atoms with van der Waals surface area (Å²) in [5, 5.41) is 2.42. The number of carbonyl (C=O) groups excluding carboxylic acids is 1. The van der Waals surface area contributed by atoms with E-state index in [9.17, 15) is 4.79 Å². The zero-order chi connectivity index (χ0) is 17.8. The number of aromatic nitrogens is 3. The van der Waals surface area contributed by atoms with Gasteiger partial charge in [0.15, 0.2) is 0 Å². The van der Waals surface area contributed by atoms with Gasteiger partial charge in [-0.05, 0) is 54.7 Å². The van der Waals surface area contributed by atoms with Gasteiger partial charge in [-0.3, -0.25) is 9.78 Å². The number of fused-ring (bicyclic) bond motifs is 1. The molecule has 132 valence electrons. The summed E-state index contributed by atoms with van der Waals surface area (Å²) in [6.07, 6.45) is 11.1. The molecule has 1 aliphatic heterocycles. The molecule has 1 aromatic carbocycles. The molecule has 3 aromatic rings. The zero-order valence-electron chi connectivity index (χ0n) is 14.7. The summed E-state index contributed by atoms with van der Waals surface area (Å²) in [5.41, 5.74) is 1.85. The van der Waals surface area contributed by atoms with E-state index in [2.05, 4.69) is 39.2 Å². The van der Waals surface area contributed by atoms with Gasteiger partial charge in [0.2, 0.25) is 0 Å². The first-order chi connectivity index (χ1) is 12.8. The molecule has 0 spiro atoms. The highest BCUT2D eigenvalue weighted by Gasteiger charge is 2.22. The molecule has 1 aliphatic rings. The van der Waals surface area contributed by atoms with E-state index in [0.717, 1.165) is 38.8 Å². The Kier molecular flexibility index (Phi) is 4.86. The average molecular weight is 346 g/mol. The second kappa shape index (κ2) is 7.60. The SMILES string of the molecule is O=C(c1ccncn1)N1CCCC(Cc2ccc3cnccc3c2)CC1. The van der Waals surface area contributed by atoms with Crippen molar-refractivity contribution in [1.82, 2.24) is 19.9 Å². The van der Waals surface area contributed by atoms with E-state index < -0.39 is 0 Å². The van der Waals surface area contributed by atoms with Crippen molar-refractivity contribution >= 4 is 16.7 Å². The molecule has 0 saturated carbocycles. The van der Waals surface area contributed by atoms with E-state index in [1.165, 1.54) is 22.7 Å². The first-order valence-corrected chi connectivity index (χ1v) is 9.17. The molecule has 2 aromatic heterocycles. The maximum absolute atomic E-state index is 12.6. The summed E-state index contributed by atoms with van der Waals surface area (Å²) in [6, 6.07) is 10.4. The Hall–Kier alpha value is -2.82. The molecule has 0 bridgehead atoms. The molecule has 4 rings (SSSR count). The van der Waals surface area contributed by atoms with Crippen molar-refractivity contribution < 1.29 is 4.79 Å². The predicted octanol–water partition coefficient (Wildman–Crippen LogP) is 3.51. The molecule has 5 heteroatoms. The lowest BCUT2D eigenvalue weighted by Crippen LogP contribution is -2.32. The maximum atomic E-state index is 12.6. The summed E-state index contributed by atoms with van der Waals surface area (Å²) in [6.45, 7) is 1.60. The molecule has 3 heterocycles. The Morgan fingerprint density at radius 2 is 1.96 bits per heavy atom. The van der Waals surface area contributed by atoms with Crippen molar-refractivity contribution in [3.05, 3.63) is 66.5 Å². The van der Waals surface area contributed by atoms with Crippen molar-refractivity contribution in [2.45, 2.75) is 25.7 Å². The number of pyridine rings is 1. The third-order valence-corrected chi connectivity index (χ3v) is 5.17. The normalized spacial score (nSPS) is 17.8. The minimum atomic E-state index is 0.0197. The first-order valence-electron chi connectivity index (χ1n) is 9.17. The topological polar surface area (TPSA) is 59.0 Å². The molecular formula is C21H22N4O. The highest BCUT2D eigenvalue weighted by Crippen LogP contribution is 2.24. The van der Waals surface area contributed by atoms with Crippen LogP contribution in [0.15, 0.2) is 55.2 Å². The number of carbonyl (C=O) groups is 1. The van der Waals surface area contributed by atoms with E-state index >= 15 is 0 Å². The number of hydrogen-bond acceptors (Lipinski definition) is 4. The molecule has 26 heavy (non-hydrogen) atoms. The fraction of sp³-hybridized carbons (Fsp3) is 0.333. The van der Waals surface area contributed by atoms with E-state index in [1.807, 2.05) is 17.3 Å². The second-order valence-electron chi connectivity index (χ2n) is 6.95. The Morgan fingerprint density at radius 1 is 1.04 bits per heavy atom. The van der Waals surface area contributed by atoms with E-state index in [1.54, 1.807) is 12.3 Å². The van der Waals surface area contributed by atoms with Crippen LogP contribution < -0.4 is 0 Å². The Labute approximate surface area is 153 Å². The molecular weight excluding hydrogens is 324 g/mol. The summed E-state index contributed by atoms with van der Waals surface area (Å²) in [5.74, 6) is 0.628. The predicted molar refractivity (Wildman–Crippen MR) is 101 cm³/mol. The van der Waals surface area contributed by atoms with Crippen LogP contribution in [0.2, 0.25) is 0 Å². The molecule has 1 saturated heterocycles. The van der Waals surface area contributed by atoms with Gasteiger partial charge in [0.25, 0.3) is 5.91 Å². The summed E-state index contributed by atoms with van der Waals surface area (Å²) < 4.78 is 0. The van der Waals surface area contributed by atoms with Gasteiger partial charge in [-0.2, -0.15) is 0 Å². The Bertz CT molecular complexity index is 897. The van der Waals surface area contributed by atoms with Crippen LogP contribution in [0, 0.1) is 5.92 Å². The minimum Gasteiger partial charge on any atom is -0.337 e. The van der Waals surface area contributed by atoms with Crippen molar-refractivity contribution in [3.63, 3.8) is 0 Å². The highest BCUT2D eigenvalue weighted by atomic mass is 16.2. The molecule has 0 N–H and O–H groups in total. The van der Waals surface area contributed by atoms with Gasteiger partial charge in [0, 0.05) is 37.1 Å². The monoisotopic (exact) mass is 346 g/mol. The van der Waals surface area contributed by atoms with E-state index in [0.29, 0.717) is 11.6 Å². The molecule has 1 unspecified atom stereocenters. The number of nitrogens with zero attached hydrogens (tertiary/aromatic N) is 4. The standard InChI is InChI=1S/C21H22N4O/c26-21(20-6-9-23-15-24-20)25-10-1-2-16(7-11-25)12-17-3-4-19-14-22-8-5-18(19)13-17/h3-6,8-9,13-16H,1-2,7,10-12H2. The first kappa shape index (κ1) is 16.6. The van der Waals surface area contributed by atoms with Crippen LogP contribution in [0.5, 0.6) is 0 Å². The van der Waals surface area contributed by atoms with Crippen molar-refractivity contribution in [1.29, 1.82) is 0 Å². The lowest BCUT2D eigenvalue weighted by atomic mass is 9.92. The quantitative estimate of drug-likeness (QED) is 0.728. The van der Waals surface area contributed by atoms with Gasteiger partial charge < -0.3 is 4.90 Å². The fourth-order valence-electron chi connectivity index (χ4n) is 3.74. The molecule has 1 fully saturated rings. The third kappa shape index (κ3) is 3.72. The minimum absolute atomic E-state index is 0.0197. The van der Waals surface area contributed by atoms with Crippen LogP contribution in [-0.4, -0.2) is 38.8 Å². The van der Waals surface area contributed by atoms with E-state index in [4.69, 9.17) is 0 Å². The number of likely N-dealkylation sites (tertiary alicyclic amines) is 1. The number of rotatable bonds is 3. The molecule has 0 aliphatic carbocycles. The fourth-order valence-corrected chi connectivity index (χ4v) is 3.74. The number of benzene rings is 1. The summed E-state index contributed by atoms with van der Waals surface area (Å²) >= 11 is 0. The molecule has 0 radical (unpaired) electrons. The van der Waals surface area contributed by atoms with Crippen LogP contribution >= 0.6 is 0 Å². The van der Waals surface area contributed by atoms with Crippen molar-refractivity contribution in [3.8, 4) is 0 Å². The number of amides is 1. The van der Waals surface area contributed by atoms with Crippen LogP contribution in [-0.2, 0) is 6.42 Å². The van der Waals surface area contributed by atoms with Crippen LogP contribution in [0.4, 0.5) is 0 Å². The third-order valence-electron chi connectivity index (χ3n) is 5.17. The van der Waals surface area contributed by atoms with Gasteiger partial charge in [-0.15, -0.1) is 0 Å². The number of hydrogen-bond donors (Lipinski definition) is 0.